The van der Waals surface area contributed by atoms with Crippen LogP contribution in [0.25, 0.3) is 11.1 Å². The summed E-state index contributed by atoms with van der Waals surface area (Å²) in [4.78, 5) is 0. The summed E-state index contributed by atoms with van der Waals surface area (Å²) in [5.41, 5.74) is 6.78. The molecule has 0 aliphatic heterocycles. The molecule has 0 amide bonds. The van der Waals surface area contributed by atoms with E-state index in [0.717, 1.165) is 31.4 Å². The molecular formula is C21H28O. The number of hydrogen-bond donors (Lipinski definition) is 0. The molecule has 0 N–H and O–H groups in total. The number of aryl methyl sites for hydroxylation is 2. The lowest BCUT2D eigenvalue weighted by Crippen LogP contribution is -2.00. The van der Waals surface area contributed by atoms with Gasteiger partial charge in [-0.1, -0.05) is 63.9 Å². The van der Waals surface area contributed by atoms with Crippen LogP contribution in [0.1, 0.15) is 50.3 Å². The molecule has 0 fully saturated rings. The monoisotopic (exact) mass is 296 g/mol. The summed E-state index contributed by atoms with van der Waals surface area (Å²) in [6.07, 6.45) is 5.59. The maximum Gasteiger partial charge on any atom is 0.122 e. The van der Waals surface area contributed by atoms with Crippen molar-refractivity contribution in [2.45, 2.75) is 52.9 Å². The summed E-state index contributed by atoms with van der Waals surface area (Å²) < 4.78 is 5.70. The van der Waals surface area contributed by atoms with Gasteiger partial charge in [0.05, 0.1) is 7.11 Å². The van der Waals surface area contributed by atoms with Gasteiger partial charge in [0.15, 0.2) is 0 Å². The fourth-order valence-corrected chi connectivity index (χ4v) is 3.05. The van der Waals surface area contributed by atoms with Crippen molar-refractivity contribution in [3.63, 3.8) is 0 Å². The van der Waals surface area contributed by atoms with Gasteiger partial charge in [0.2, 0.25) is 0 Å². The Bertz CT molecular complexity index is 613. The van der Waals surface area contributed by atoms with Gasteiger partial charge in [-0.2, -0.15) is 0 Å². The van der Waals surface area contributed by atoms with E-state index in [9.17, 15) is 0 Å². The largest absolute Gasteiger partial charge is 0.496 e. The molecule has 0 saturated carbocycles. The molecule has 2 aromatic carbocycles. The molecule has 1 nitrogen and oxygen atoms in total. The number of hydrogen-bond acceptors (Lipinski definition) is 1. The maximum atomic E-state index is 5.70. The van der Waals surface area contributed by atoms with Crippen molar-refractivity contribution in [3.05, 3.63) is 53.1 Å². The first-order valence-corrected chi connectivity index (χ1v) is 8.52. The Hall–Kier alpha value is -1.76. The highest BCUT2D eigenvalue weighted by atomic mass is 16.5. The second-order valence-electron chi connectivity index (χ2n) is 5.87. The first kappa shape index (κ1) is 16.6. The first-order chi connectivity index (χ1) is 10.7. The Kier molecular flexibility index (Phi) is 6.06. The minimum atomic E-state index is 1.05. The van der Waals surface area contributed by atoms with E-state index in [1.165, 1.54) is 34.2 Å². The second kappa shape index (κ2) is 8.03. The molecule has 0 saturated heterocycles. The van der Waals surface area contributed by atoms with Crippen molar-refractivity contribution in [2.24, 2.45) is 0 Å². The van der Waals surface area contributed by atoms with Crippen molar-refractivity contribution < 1.29 is 4.74 Å². The SMILES string of the molecule is CCCc1cc(-c2cccc(CC)c2)cc(OC)c1CCC. The molecule has 0 aromatic heterocycles. The van der Waals surface area contributed by atoms with E-state index in [4.69, 9.17) is 4.74 Å². The average Bonchev–Trinajstić information content (AvgIpc) is 2.56. The molecule has 2 aromatic rings. The van der Waals surface area contributed by atoms with Gasteiger partial charge in [0.1, 0.15) is 5.75 Å². The Labute approximate surface area is 135 Å². The molecule has 0 aliphatic rings. The van der Waals surface area contributed by atoms with Crippen LogP contribution in [0.15, 0.2) is 36.4 Å². The van der Waals surface area contributed by atoms with E-state index in [-0.39, 0.29) is 0 Å². The van der Waals surface area contributed by atoms with E-state index < -0.39 is 0 Å². The van der Waals surface area contributed by atoms with Crippen LogP contribution in [-0.2, 0) is 19.3 Å². The van der Waals surface area contributed by atoms with Crippen LogP contribution in [0.2, 0.25) is 0 Å². The van der Waals surface area contributed by atoms with Gasteiger partial charge in [-0.05, 0) is 53.1 Å². The zero-order valence-corrected chi connectivity index (χ0v) is 14.4. The van der Waals surface area contributed by atoms with E-state index in [2.05, 4.69) is 57.2 Å². The van der Waals surface area contributed by atoms with Gasteiger partial charge in [0.25, 0.3) is 0 Å². The van der Waals surface area contributed by atoms with Crippen molar-refractivity contribution in [2.75, 3.05) is 7.11 Å². The molecule has 0 spiro atoms. The van der Waals surface area contributed by atoms with Crippen molar-refractivity contribution in [3.8, 4) is 16.9 Å². The van der Waals surface area contributed by atoms with Gasteiger partial charge in [0, 0.05) is 0 Å². The van der Waals surface area contributed by atoms with Crippen molar-refractivity contribution in [1.29, 1.82) is 0 Å². The van der Waals surface area contributed by atoms with Crippen LogP contribution < -0.4 is 4.74 Å². The van der Waals surface area contributed by atoms with Gasteiger partial charge in [-0.25, -0.2) is 0 Å². The zero-order valence-electron chi connectivity index (χ0n) is 14.4. The Balaban J connectivity index is 2.53. The second-order valence-corrected chi connectivity index (χ2v) is 5.87. The number of ether oxygens (including phenoxy) is 1. The fourth-order valence-electron chi connectivity index (χ4n) is 3.05. The quantitative estimate of drug-likeness (QED) is 0.624. The zero-order chi connectivity index (χ0) is 15.9. The highest BCUT2D eigenvalue weighted by Crippen LogP contribution is 2.32. The Morgan fingerprint density at radius 2 is 1.64 bits per heavy atom. The van der Waals surface area contributed by atoms with E-state index in [1.54, 1.807) is 7.11 Å². The van der Waals surface area contributed by atoms with Gasteiger partial charge in [-0.15, -0.1) is 0 Å². The molecule has 0 aliphatic carbocycles. The van der Waals surface area contributed by atoms with Crippen LogP contribution in [0.3, 0.4) is 0 Å². The maximum absolute atomic E-state index is 5.70. The summed E-state index contributed by atoms with van der Waals surface area (Å²) >= 11 is 0. The lowest BCUT2D eigenvalue weighted by atomic mass is 9.93. The van der Waals surface area contributed by atoms with Gasteiger partial charge < -0.3 is 4.74 Å². The standard InChI is InChI=1S/C21H28O/c1-5-9-18-14-19(15-21(22-4)20(18)10-6-2)17-12-8-11-16(7-3)13-17/h8,11-15H,5-7,9-10H2,1-4H3. The molecule has 0 unspecified atom stereocenters. The highest BCUT2D eigenvalue weighted by Gasteiger charge is 2.12. The number of benzene rings is 2. The molecule has 0 bridgehead atoms. The van der Waals surface area contributed by atoms with Crippen LogP contribution in [0.5, 0.6) is 5.75 Å². The summed E-state index contributed by atoms with van der Waals surface area (Å²) in [6, 6.07) is 13.4. The van der Waals surface area contributed by atoms with Crippen molar-refractivity contribution in [1.82, 2.24) is 0 Å². The molecular weight excluding hydrogens is 268 g/mol. The van der Waals surface area contributed by atoms with Crippen LogP contribution >= 0.6 is 0 Å². The van der Waals surface area contributed by atoms with Gasteiger partial charge >= 0.3 is 0 Å². The lowest BCUT2D eigenvalue weighted by Gasteiger charge is -2.16. The summed E-state index contributed by atoms with van der Waals surface area (Å²) in [7, 11) is 1.79. The molecule has 118 valence electrons. The molecule has 1 heteroatoms. The predicted octanol–water partition coefficient (Wildman–Crippen LogP) is 5.83. The Morgan fingerprint density at radius 3 is 2.27 bits per heavy atom. The van der Waals surface area contributed by atoms with Crippen LogP contribution in [0, 0.1) is 0 Å². The smallest absolute Gasteiger partial charge is 0.122 e. The topological polar surface area (TPSA) is 9.23 Å². The number of methoxy groups -OCH3 is 1. The molecule has 2 rings (SSSR count). The normalized spacial score (nSPS) is 10.7. The molecule has 22 heavy (non-hydrogen) atoms. The Morgan fingerprint density at radius 1 is 0.864 bits per heavy atom. The molecule has 0 heterocycles. The third-order valence-corrected chi connectivity index (χ3v) is 4.21. The molecule has 0 radical (unpaired) electrons. The van der Waals surface area contributed by atoms with E-state index >= 15 is 0 Å². The van der Waals surface area contributed by atoms with E-state index in [0.29, 0.717) is 0 Å². The van der Waals surface area contributed by atoms with Crippen molar-refractivity contribution >= 4 is 0 Å². The third-order valence-electron chi connectivity index (χ3n) is 4.21. The van der Waals surface area contributed by atoms with Crippen LogP contribution in [-0.4, -0.2) is 7.11 Å². The van der Waals surface area contributed by atoms with E-state index in [1.807, 2.05) is 0 Å². The number of rotatable bonds is 7. The first-order valence-electron chi connectivity index (χ1n) is 8.52. The minimum absolute atomic E-state index is 1.05. The summed E-state index contributed by atoms with van der Waals surface area (Å²) in [5.74, 6) is 1.05. The summed E-state index contributed by atoms with van der Waals surface area (Å²) in [6.45, 7) is 6.67. The van der Waals surface area contributed by atoms with Gasteiger partial charge in [-0.3, -0.25) is 0 Å². The van der Waals surface area contributed by atoms with Crippen LogP contribution in [0.4, 0.5) is 0 Å². The lowest BCUT2D eigenvalue weighted by molar-refractivity contribution is 0.408. The average molecular weight is 296 g/mol. The fraction of sp³-hybridized carbons (Fsp3) is 0.429. The third kappa shape index (κ3) is 3.71. The molecule has 0 atom stereocenters. The minimum Gasteiger partial charge on any atom is -0.496 e. The summed E-state index contributed by atoms with van der Waals surface area (Å²) in [5, 5.41) is 0. The highest BCUT2D eigenvalue weighted by molar-refractivity contribution is 5.68. The predicted molar refractivity (Wildman–Crippen MR) is 95.8 cm³/mol.